The third kappa shape index (κ3) is 2.81. The molecule has 1 aromatic carbocycles. The largest absolute Gasteiger partial charge is 0.497 e. The molecule has 1 atom stereocenters. The molecule has 0 saturated carbocycles. The molecule has 0 spiro atoms. The van der Waals surface area contributed by atoms with Crippen molar-refractivity contribution in [2.24, 2.45) is 0 Å². The number of urea groups is 1. The van der Waals surface area contributed by atoms with Crippen LogP contribution in [-0.2, 0) is 16.9 Å². The Hall–Kier alpha value is -3.35. The van der Waals surface area contributed by atoms with E-state index in [4.69, 9.17) is 4.74 Å². The number of benzene rings is 1. The highest BCUT2D eigenvalue weighted by molar-refractivity contribution is 6.07. The van der Waals surface area contributed by atoms with Crippen LogP contribution < -0.4 is 10.1 Å². The number of carbonyl (C=O) groups is 2. The summed E-state index contributed by atoms with van der Waals surface area (Å²) in [5, 5.41) is 2.81. The van der Waals surface area contributed by atoms with Gasteiger partial charge in [0.1, 0.15) is 16.9 Å². The number of carbonyl (C=O) groups excluding carboxylic acids is 2. The molecule has 0 aliphatic carbocycles. The van der Waals surface area contributed by atoms with Crippen molar-refractivity contribution in [1.82, 2.24) is 19.6 Å². The summed E-state index contributed by atoms with van der Waals surface area (Å²) in [6.45, 7) is 3.83. The zero-order chi connectivity index (χ0) is 19.2. The van der Waals surface area contributed by atoms with Crippen LogP contribution in [0.3, 0.4) is 0 Å². The van der Waals surface area contributed by atoms with Gasteiger partial charge >= 0.3 is 6.03 Å². The minimum atomic E-state index is -1.11. The van der Waals surface area contributed by atoms with E-state index in [-0.39, 0.29) is 12.5 Å². The first kappa shape index (κ1) is 17.1. The van der Waals surface area contributed by atoms with Gasteiger partial charge in [0.2, 0.25) is 0 Å². The number of ether oxygens (including phenoxy) is 1. The first-order chi connectivity index (χ1) is 12.9. The summed E-state index contributed by atoms with van der Waals surface area (Å²) in [4.78, 5) is 31.3. The number of imide groups is 1. The smallest absolute Gasteiger partial charge is 0.325 e. The predicted molar refractivity (Wildman–Crippen MR) is 99.4 cm³/mol. The topological polar surface area (TPSA) is 75.9 Å². The SMILES string of the molecule is COc1ccc([C@]2(C)NC(=O)N(Cc3cn4cc(C)ccc4n3)C2=O)cc1. The molecule has 2 aromatic heterocycles. The summed E-state index contributed by atoms with van der Waals surface area (Å²) in [5.41, 5.74) is 2.13. The van der Waals surface area contributed by atoms with E-state index in [1.54, 1.807) is 38.3 Å². The number of amides is 3. The Morgan fingerprint density at radius 3 is 2.56 bits per heavy atom. The lowest BCUT2D eigenvalue weighted by molar-refractivity contribution is -0.131. The second kappa shape index (κ2) is 6.12. The fraction of sp³-hybridized carbons (Fsp3) is 0.250. The molecule has 138 valence electrons. The van der Waals surface area contributed by atoms with Gasteiger partial charge in [-0.3, -0.25) is 9.69 Å². The number of fused-ring (bicyclic) bond motifs is 1. The summed E-state index contributed by atoms with van der Waals surface area (Å²) in [5.74, 6) is 0.391. The minimum absolute atomic E-state index is 0.122. The molecule has 4 rings (SSSR count). The summed E-state index contributed by atoms with van der Waals surface area (Å²) < 4.78 is 7.05. The van der Waals surface area contributed by atoms with Crippen LogP contribution >= 0.6 is 0 Å². The molecule has 1 aliphatic rings. The van der Waals surface area contributed by atoms with Gasteiger partial charge in [0.05, 0.1) is 19.3 Å². The maximum absolute atomic E-state index is 13.0. The van der Waals surface area contributed by atoms with Gasteiger partial charge < -0.3 is 14.5 Å². The number of methoxy groups -OCH3 is 1. The normalized spacial score (nSPS) is 19.6. The number of imidazole rings is 1. The number of nitrogens with one attached hydrogen (secondary N) is 1. The van der Waals surface area contributed by atoms with E-state index in [0.29, 0.717) is 17.0 Å². The molecule has 3 amide bonds. The number of hydrogen-bond donors (Lipinski definition) is 1. The second-order valence-electron chi connectivity index (χ2n) is 6.88. The Balaban J connectivity index is 1.61. The lowest BCUT2D eigenvalue weighted by atomic mass is 9.92. The molecular formula is C20H20N4O3. The van der Waals surface area contributed by atoms with Crippen LogP contribution in [0, 0.1) is 6.92 Å². The highest BCUT2D eigenvalue weighted by Gasteiger charge is 2.49. The maximum Gasteiger partial charge on any atom is 0.325 e. The average molecular weight is 364 g/mol. The number of rotatable bonds is 4. The third-order valence-electron chi connectivity index (χ3n) is 4.91. The van der Waals surface area contributed by atoms with Crippen LogP contribution in [0.5, 0.6) is 5.75 Å². The standard InChI is InChI=1S/C20H20N4O3/c1-13-4-9-17-21-15(11-23(17)10-13)12-24-18(25)20(2,22-19(24)26)14-5-7-16(27-3)8-6-14/h4-11H,12H2,1-3H3,(H,22,26)/t20-/m0/s1. The Kier molecular flexibility index (Phi) is 3.87. The molecule has 7 heteroatoms. The number of pyridine rings is 1. The van der Waals surface area contributed by atoms with E-state index < -0.39 is 11.6 Å². The van der Waals surface area contributed by atoms with Crippen molar-refractivity contribution in [2.45, 2.75) is 25.9 Å². The molecule has 3 heterocycles. The van der Waals surface area contributed by atoms with Crippen LogP contribution in [0.2, 0.25) is 0 Å². The van der Waals surface area contributed by atoms with Crippen LogP contribution in [0.1, 0.15) is 23.7 Å². The quantitative estimate of drug-likeness (QED) is 0.722. The van der Waals surface area contributed by atoms with Crippen molar-refractivity contribution in [3.05, 3.63) is 65.6 Å². The Labute approximate surface area is 156 Å². The van der Waals surface area contributed by atoms with Gasteiger partial charge in [-0.05, 0) is 43.2 Å². The number of nitrogens with zero attached hydrogens (tertiary/aromatic N) is 3. The lowest BCUT2D eigenvalue weighted by Gasteiger charge is -2.22. The maximum atomic E-state index is 13.0. The molecule has 27 heavy (non-hydrogen) atoms. The molecule has 0 bridgehead atoms. The highest BCUT2D eigenvalue weighted by Crippen LogP contribution is 2.30. The van der Waals surface area contributed by atoms with Crippen LogP contribution in [0.4, 0.5) is 4.79 Å². The summed E-state index contributed by atoms with van der Waals surface area (Å²) >= 11 is 0. The van der Waals surface area contributed by atoms with Crippen molar-refractivity contribution < 1.29 is 14.3 Å². The first-order valence-corrected chi connectivity index (χ1v) is 8.63. The van der Waals surface area contributed by atoms with E-state index in [2.05, 4.69) is 10.3 Å². The minimum Gasteiger partial charge on any atom is -0.497 e. The molecule has 1 N–H and O–H groups in total. The fourth-order valence-electron chi connectivity index (χ4n) is 3.35. The number of aromatic nitrogens is 2. The summed E-state index contributed by atoms with van der Waals surface area (Å²) in [6.07, 6.45) is 3.80. The molecule has 1 aliphatic heterocycles. The Morgan fingerprint density at radius 2 is 1.85 bits per heavy atom. The molecule has 7 nitrogen and oxygen atoms in total. The highest BCUT2D eigenvalue weighted by atomic mass is 16.5. The van der Waals surface area contributed by atoms with Gasteiger partial charge in [0.15, 0.2) is 0 Å². The monoisotopic (exact) mass is 364 g/mol. The van der Waals surface area contributed by atoms with E-state index in [1.807, 2.05) is 35.9 Å². The molecule has 3 aromatic rings. The number of aryl methyl sites for hydroxylation is 1. The van der Waals surface area contributed by atoms with Gasteiger partial charge in [-0.25, -0.2) is 9.78 Å². The van der Waals surface area contributed by atoms with Crippen molar-refractivity contribution in [1.29, 1.82) is 0 Å². The van der Waals surface area contributed by atoms with Crippen LogP contribution in [0.15, 0.2) is 48.8 Å². The molecule has 1 fully saturated rings. The van der Waals surface area contributed by atoms with E-state index in [0.717, 1.165) is 11.2 Å². The van der Waals surface area contributed by atoms with Crippen LogP contribution in [0.25, 0.3) is 5.65 Å². The van der Waals surface area contributed by atoms with E-state index >= 15 is 0 Å². The fourth-order valence-corrected chi connectivity index (χ4v) is 3.35. The lowest BCUT2D eigenvalue weighted by Crippen LogP contribution is -2.40. The zero-order valence-electron chi connectivity index (χ0n) is 15.4. The Morgan fingerprint density at radius 1 is 1.11 bits per heavy atom. The van der Waals surface area contributed by atoms with Gasteiger partial charge in [0.25, 0.3) is 5.91 Å². The van der Waals surface area contributed by atoms with Crippen molar-refractivity contribution in [2.75, 3.05) is 7.11 Å². The molecule has 0 radical (unpaired) electrons. The molecule has 1 saturated heterocycles. The van der Waals surface area contributed by atoms with Gasteiger partial charge in [-0.2, -0.15) is 0 Å². The second-order valence-corrected chi connectivity index (χ2v) is 6.88. The van der Waals surface area contributed by atoms with Crippen molar-refractivity contribution in [3.8, 4) is 5.75 Å². The van der Waals surface area contributed by atoms with Crippen molar-refractivity contribution in [3.63, 3.8) is 0 Å². The van der Waals surface area contributed by atoms with Gasteiger partial charge in [-0.15, -0.1) is 0 Å². The first-order valence-electron chi connectivity index (χ1n) is 8.63. The third-order valence-corrected chi connectivity index (χ3v) is 4.91. The summed E-state index contributed by atoms with van der Waals surface area (Å²) in [6, 6.07) is 10.6. The van der Waals surface area contributed by atoms with E-state index in [9.17, 15) is 9.59 Å². The van der Waals surface area contributed by atoms with E-state index in [1.165, 1.54) is 4.90 Å². The molecule has 0 unspecified atom stereocenters. The average Bonchev–Trinajstić information content (AvgIpc) is 3.15. The van der Waals surface area contributed by atoms with Gasteiger partial charge in [0, 0.05) is 12.4 Å². The zero-order valence-corrected chi connectivity index (χ0v) is 15.4. The number of hydrogen-bond acceptors (Lipinski definition) is 4. The van der Waals surface area contributed by atoms with Crippen molar-refractivity contribution >= 4 is 17.6 Å². The predicted octanol–water partition coefficient (Wildman–Crippen LogP) is 2.62. The van der Waals surface area contributed by atoms with Crippen LogP contribution in [-0.4, -0.2) is 33.3 Å². The summed E-state index contributed by atoms with van der Waals surface area (Å²) in [7, 11) is 1.58. The molecular weight excluding hydrogens is 344 g/mol. The van der Waals surface area contributed by atoms with Gasteiger partial charge in [-0.1, -0.05) is 18.2 Å². The Bertz CT molecular complexity index is 1040.